The molecule has 2 aromatic carbocycles. The number of alkyl halides is 1. The van der Waals surface area contributed by atoms with Crippen molar-refractivity contribution in [3.8, 4) is 11.8 Å². The van der Waals surface area contributed by atoms with Gasteiger partial charge in [0.15, 0.2) is 0 Å². The van der Waals surface area contributed by atoms with E-state index in [9.17, 15) is 4.39 Å². The first-order valence-corrected chi connectivity index (χ1v) is 10.5. The summed E-state index contributed by atoms with van der Waals surface area (Å²) >= 11 is 0. The lowest BCUT2D eigenvalue weighted by Crippen LogP contribution is -2.30. The molecule has 1 fully saturated rings. The van der Waals surface area contributed by atoms with Crippen LogP contribution in [0.3, 0.4) is 0 Å². The van der Waals surface area contributed by atoms with Gasteiger partial charge in [-0.25, -0.2) is 4.39 Å². The van der Waals surface area contributed by atoms with E-state index in [0.29, 0.717) is 25.3 Å². The second-order valence-electron chi connectivity index (χ2n) is 8.64. The number of hydrogen-bond acceptors (Lipinski definition) is 4. The lowest BCUT2D eigenvalue weighted by atomic mass is 9.99. The third kappa shape index (κ3) is 5.01. The van der Waals surface area contributed by atoms with E-state index in [1.54, 1.807) is 6.92 Å². The highest BCUT2D eigenvalue weighted by Crippen LogP contribution is 2.46. The van der Waals surface area contributed by atoms with E-state index in [1.165, 1.54) is 16.7 Å². The molecule has 1 heterocycles. The smallest absolute Gasteiger partial charge is 0.119 e. The van der Waals surface area contributed by atoms with Gasteiger partial charge >= 0.3 is 0 Å². The quantitative estimate of drug-likeness (QED) is 0.657. The first-order chi connectivity index (χ1) is 14.4. The zero-order chi connectivity index (χ0) is 21.1. The van der Waals surface area contributed by atoms with Gasteiger partial charge in [-0.3, -0.25) is 4.90 Å². The lowest BCUT2D eigenvalue weighted by Gasteiger charge is -2.29. The van der Waals surface area contributed by atoms with Gasteiger partial charge in [0.05, 0.1) is 6.61 Å². The third-order valence-corrected chi connectivity index (χ3v) is 6.13. The molecule has 156 valence electrons. The summed E-state index contributed by atoms with van der Waals surface area (Å²) in [5.74, 6) is 0.893. The van der Waals surface area contributed by atoms with E-state index in [2.05, 4.69) is 53.2 Å². The van der Waals surface area contributed by atoms with Gasteiger partial charge in [0.1, 0.15) is 23.2 Å². The average Bonchev–Trinajstić information content (AvgIpc) is 3.37. The number of rotatable bonds is 8. The summed E-state index contributed by atoms with van der Waals surface area (Å²) in [7, 11) is 0. The molecule has 1 N–H and O–H groups in total. The van der Waals surface area contributed by atoms with E-state index in [0.717, 1.165) is 37.4 Å². The molecule has 1 saturated carbocycles. The fourth-order valence-electron chi connectivity index (χ4n) is 3.93. The molecule has 30 heavy (non-hydrogen) atoms. The second-order valence-corrected chi connectivity index (χ2v) is 8.64. The minimum absolute atomic E-state index is 0.0383. The molecule has 0 bridgehead atoms. The summed E-state index contributed by atoms with van der Waals surface area (Å²) < 4.78 is 19.5. The van der Waals surface area contributed by atoms with Crippen LogP contribution in [0.1, 0.15) is 35.6 Å². The van der Waals surface area contributed by atoms with Crippen molar-refractivity contribution in [2.24, 2.45) is 5.92 Å². The molecule has 0 spiro atoms. The Kier molecular flexibility index (Phi) is 5.78. The fourth-order valence-corrected chi connectivity index (χ4v) is 3.93. The van der Waals surface area contributed by atoms with Crippen molar-refractivity contribution < 1.29 is 9.13 Å². The topological polar surface area (TPSA) is 48.3 Å². The van der Waals surface area contributed by atoms with Crippen molar-refractivity contribution >= 4 is 0 Å². The Bertz CT molecular complexity index is 961. The van der Waals surface area contributed by atoms with Gasteiger partial charge in [-0.05, 0) is 54.2 Å². The predicted molar refractivity (Wildman–Crippen MR) is 115 cm³/mol. The van der Waals surface area contributed by atoms with Gasteiger partial charge in [-0.2, -0.15) is 5.26 Å². The Morgan fingerprint density at radius 2 is 2.00 bits per heavy atom. The summed E-state index contributed by atoms with van der Waals surface area (Å²) in [5.41, 5.74) is 4.43. The molecule has 2 aliphatic rings. The Labute approximate surface area is 178 Å². The molecule has 0 aromatic heterocycles. The van der Waals surface area contributed by atoms with Crippen LogP contribution in [0.4, 0.5) is 4.39 Å². The zero-order valence-corrected chi connectivity index (χ0v) is 17.5. The molecule has 0 amide bonds. The number of benzene rings is 2. The maximum Gasteiger partial charge on any atom is 0.119 e. The van der Waals surface area contributed by atoms with Crippen molar-refractivity contribution in [3.05, 3.63) is 77.0 Å². The van der Waals surface area contributed by atoms with Crippen LogP contribution in [0.5, 0.6) is 5.75 Å². The van der Waals surface area contributed by atoms with E-state index in [1.807, 2.05) is 12.1 Å². The largest absolute Gasteiger partial charge is 0.493 e. The zero-order valence-electron chi connectivity index (χ0n) is 17.5. The molecular weight excluding hydrogens is 377 g/mol. The van der Waals surface area contributed by atoms with Crippen LogP contribution in [0.25, 0.3) is 0 Å². The molecule has 4 rings (SSSR count). The van der Waals surface area contributed by atoms with Crippen LogP contribution in [0.2, 0.25) is 0 Å². The summed E-state index contributed by atoms with van der Waals surface area (Å²) in [4.78, 5) is 2.45. The van der Waals surface area contributed by atoms with Crippen LogP contribution in [0, 0.1) is 17.2 Å². The first kappa shape index (κ1) is 20.4. The Balaban J connectivity index is 1.29. The highest BCUT2D eigenvalue weighted by atomic mass is 19.1. The fraction of sp³-hybridized carbons (Fsp3) is 0.400. The summed E-state index contributed by atoms with van der Waals surface area (Å²) in [6.45, 7) is 9.20. The predicted octanol–water partition coefficient (Wildman–Crippen LogP) is 4.50. The molecule has 0 radical (unpaired) electrons. The maximum atomic E-state index is 13.7. The van der Waals surface area contributed by atoms with Crippen LogP contribution >= 0.6 is 0 Å². The molecule has 1 aliphatic carbocycles. The van der Waals surface area contributed by atoms with Crippen LogP contribution in [-0.4, -0.2) is 23.7 Å². The molecule has 2 aromatic rings. The molecule has 2 unspecified atom stereocenters. The Morgan fingerprint density at radius 3 is 2.70 bits per heavy atom. The van der Waals surface area contributed by atoms with E-state index >= 15 is 0 Å². The molecule has 5 heteroatoms. The SMILES string of the molecule is C=C(C#N)NCc1ccc(CN2CCc3cc(OCC4CC4(C)F)ccc3C2)cc1. The van der Waals surface area contributed by atoms with Crippen molar-refractivity contribution in [1.29, 1.82) is 5.26 Å². The first-order valence-electron chi connectivity index (χ1n) is 10.5. The minimum atomic E-state index is -1.03. The number of halogens is 1. The average molecular weight is 406 g/mol. The van der Waals surface area contributed by atoms with Gasteiger partial charge in [0.2, 0.25) is 0 Å². The number of nitrogens with one attached hydrogen (secondary N) is 1. The minimum Gasteiger partial charge on any atom is -0.493 e. The van der Waals surface area contributed by atoms with Gasteiger partial charge in [0.25, 0.3) is 0 Å². The normalized spacial score (nSPS) is 22.6. The van der Waals surface area contributed by atoms with Gasteiger partial charge < -0.3 is 10.1 Å². The Morgan fingerprint density at radius 1 is 1.27 bits per heavy atom. The van der Waals surface area contributed by atoms with Gasteiger partial charge in [-0.1, -0.05) is 36.9 Å². The van der Waals surface area contributed by atoms with Crippen molar-refractivity contribution in [3.63, 3.8) is 0 Å². The molecule has 4 nitrogen and oxygen atoms in total. The number of ether oxygens (including phenoxy) is 1. The molecule has 0 saturated heterocycles. The van der Waals surface area contributed by atoms with E-state index in [4.69, 9.17) is 10.00 Å². The van der Waals surface area contributed by atoms with E-state index < -0.39 is 5.67 Å². The maximum absolute atomic E-state index is 13.7. The molecule has 2 atom stereocenters. The summed E-state index contributed by atoms with van der Waals surface area (Å²) in [6, 6.07) is 16.8. The third-order valence-electron chi connectivity index (χ3n) is 6.13. The lowest BCUT2D eigenvalue weighted by molar-refractivity contribution is 0.234. The Hall–Kier alpha value is -2.84. The number of nitriles is 1. The van der Waals surface area contributed by atoms with Crippen LogP contribution < -0.4 is 10.1 Å². The summed E-state index contributed by atoms with van der Waals surface area (Å²) in [6.07, 6.45) is 1.61. The number of fused-ring (bicyclic) bond motifs is 1. The van der Waals surface area contributed by atoms with Crippen LogP contribution in [0.15, 0.2) is 54.7 Å². The molecular formula is C25H28FN3O. The van der Waals surface area contributed by atoms with Crippen molar-refractivity contribution in [2.75, 3.05) is 13.2 Å². The standard InChI is InChI=1S/C25H28FN3O/c1-18(13-27)28-14-19-3-5-20(6-4-19)15-29-10-9-21-11-24(8-7-22(21)16-29)30-17-23-12-25(23,2)26/h3-8,11,23,28H,1,9-10,12,14-17H2,2H3. The van der Waals surface area contributed by atoms with Crippen molar-refractivity contribution in [1.82, 2.24) is 10.2 Å². The number of nitrogens with zero attached hydrogens (tertiary/aromatic N) is 2. The number of hydrogen-bond donors (Lipinski definition) is 1. The highest BCUT2D eigenvalue weighted by molar-refractivity contribution is 5.37. The second kappa shape index (κ2) is 8.49. The summed E-state index contributed by atoms with van der Waals surface area (Å²) in [5, 5.41) is 11.7. The monoisotopic (exact) mass is 405 g/mol. The van der Waals surface area contributed by atoms with Gasteiger partial charge in [-0.15, -0.1) is 0 Å². The molecule has 1 aliphatic heterocycles. The van der Waals surface area contributed by atoms with E-state index in [-0.39, 0.29) is 5.92 Å². The van der Waals surface area contributed by atoms with Crippen molar-refractivity contribution in [2.45, 2.75) is 45.1 Å². The highest BCUT2D eigenvalue weighted by Gasteiger charge is 2.51. The number of allylic oxidation sites excluding steroid dienone is 1. The van der Waals surface area contributed by atoms with Crippen LogP contribution in [-0.2, 0) is 26.1 Å². The van der Waals surface area contributed by atoms with Gasteiger partial charge in [0, 0.05) is 32.1 Å².